The number of ketones is 1. The molecule has 1 aromatic heterocycles. The van der Waals surface area contributed by atoms with Gasteiger partial charge in [-0.15, -0.1) is 11.3 Å². The zero-order chi connectivity index (χ0) is 12.4. The summed E-state index contributed by atoms with van der Waals surface area (Å²) in [6.45, 7) is 4.39. The normalized spacial score (nSPS) is 19.8. The van der Waals surface area contributed by atoms with Crippen molar-refractivity contribution in [1.82, 2.24) is 4.90 Å². The number of carbonyl (C=O) groups excluding carboxylic acids is 2. The fourth-order valence-electron chi connectivity index (χ4n) is 1.99. The quantitative estimate of drug-likeness (QED) is 0.771. The Bertz CT molecular complexity index is 441. The molecular formula is C12H15NO3S. The molecule has 92 valence electrons. The first-order valence-electron chi connectivity index (χ1n) is 5.69. The highest BCUT2D eigenvalue weighted by Crippen LogP contribution is 2.24. The molecule has 4 nitrogen and oxygen atoms in total. The minimum Gasteiger partial charge on any atom is -0.450 e. The molecule has 0 saturated heterocycles. The molecule has 1 amide bonds. The molecule has 0 spiro atoms. The van der Waals surface area contributed by atoms with Gasteiger partial charge in [0.15, 0.2) is 5.78 Å². The molecule has 2 rings (SSSR count). The summed E-state index contributed by atoms with van der Waals surface area (Å²) in [6.07, 6.45) is 0.325. The highest BCUT2D eigenvalue weighted by Gasteiger charge is 2.32. The van der Waals surface area contributed by atoms with Crippen molar-refractivity contribution in [2.75, 3.05) is 13.2 Å². The highest BCUT2D eigenvalue weighted by atomic mass is 32.1. The van der Waals surface area contributed by atoms with Gasteiger partial charge in [-0.3, -0.25) is 9.69 Å². The Hall–Kier alpha value is -1.36. The van der Waals surface area contributed by atoms with Gasteiger partial charge in [-0.2, -0.15) is 0 Å². The van der Waals surface area contributed by atoms with Crippen LogP contribution >= 0.6 is 11.3 Å². The van der Waals surface area contributed by atoms with Crippen molar-refractivity contribution in [3.05, 3.63) is 21.9 Å². The van der Waals surface area contributed by atoms with Gasteiger partial charge in [-0.1, -0.05) is 0 Å². The molecule has 17 heavy (non-hydrogen) atoms. The summed E-state index contributed by atoms with van der Waals surface area (Å²) in [4.78, 5) is 26.5. The number of nitrogens with zero attached hydrogens (tertiary/aromatic N) is 1. The van der Waals surface area contributed by atoms with Crippen LogP contribution in [0.5, 0.6) is 0 Å². The van der Waals surface area contributed by atoms with E-state index in [-0.39, 0.29) is 5.78 Å². The number of thiophene rings is 1. The van der Waals surface area contributed by atoms with Gasteiger partial charge in [-0.25, -0.2) is 4.79 Å². The second kappa shape index (κ2) is 4.87. The largest absolute Gasteiger partial charge is 0.450 e. The summed E-state index contributed by atoms with van der Waals surface area (Å²) >= 11 is 1.57. The molecule has 0 N–H and O–H groups in total. The van der Waals surface area contributed by atoms with Gasteiger partial charge >= 0.3 is 6.09 Å². The summed E-state index contributed by atoms with van der Waals surface area (Å²) in [7, 11) is 0. The topological polar surface area (TPSA) is 46.6 Å². The number of hydrogen-bond donors (Lipinski definition) is 0. The average Bonchev–Trinajstić information content (AvgIpc) is 2.72. The fourth-order valence-corrected chi connectivity index (χ4v) is 2.86. The molecule has 0 fully saturated rings. The van der Waals surface area contributed by atoms with Crippen LogP contribution in [-0.2, 0) is 11.2 Å². The number of rotatable bonds is 1. The summed E-state index contributed by atoms with van der Waals surface area (Å²) < 4.78 is 4.97. The molecule has 2 heterocycles. The van der Waals surface area contributed by atoms with E-state index in [1.165, 1.54) is 4.90 Å². The molecule has 0 saturated carbocycles. The second-order valence-corrected chi connectivity index (χ2v) is 4.94. The van der Waals surface area contributed by atoms with Crippen LogP contribution in [0.2, 0.25) is 0 Å². The van der Waals surface area contributed by atoms with Crippen LogP contribution in [0.3, 0.4) is 0 Å². The number of carbonyl (C=O) groups is 2. The Morgan fingerprint density at radius 3 is 3.12 bits per heavy atom. The predicted molar refractivity (Wildman–Crippen MR) is 65.5 cm³/mol. The zero-order valence-electron chi connectivity index (χ0n) is 9.93. The standard InChI is InChI=1S/C12H15NO3S/c1-3-16-12(15)13-6-4-10-9(5-7-17-10)11(14)8(13)2/h5,7-8H,3-4,6H2,1-2H3. The van der Waals surface area contributed by atoms with Gasteiger partial charge in [-0.05, 0) is 25.3 Å². The lowest BCUT2D eigenvalue weighted by molar-refractivity contribution is 0.0737. The third kappa shape index (κ3) is 2.20. The van der Waals surface area contributed by atoms with Gasteiger partial charge in [0, 0.05) is 23.4 Å². The summed E-state index contributed by atoms with van der Waals surface area (Å²) in [5.41, 5.74) is 0.759. The van der Waals surface area contributed by atoms with Crippen LogP contribution in [0.4, 0.5) is 4.79 Å². The third-order valence-corrected chi connectivity index (χ3v) is 3.92. The van der Waals surface area contributed by atoms with E-state index in [1.807, 2.05) is 11.4 Å². The summed E-state index contributed by atoms with van der Waals surface area (Å²) in [6, 6.07) is 1.40. The molecule has 1 aliphatic rings. The van der Waals surface area contributed by atoms with E-state index in [9.17, 15) is 9.59 Å². The van der Waals surface area contributed by atoms with Crippen molar-refractivity contribution in [2.45, 2.75) is 26.3 Å². The van der Waals surface area contributed by atoms with Crippen molar-refractivity contribution in [3.63, 3.8) is 0 Å². The second-order valence-electron chi connectivity index (χ2n) is 3.94. The van der Waals surface area contributed by atoms with E-state index in [1.54, 1.807) is 25.2 Å². The Labute approximate surface area is 104 Å². The Balaban J connectivity index is 2.23. The zero-order valence-corrected chi connectivity index (χ0v) is 10.8. The molecule has 0 aromatic carbocycles. The van der Waals surface area contributed by atoms with Crippen LogP contribution in [0.25, 0.3) is 0 Å². The van der Waals surface area contributed by atoms with Gasteiger partial charge in [0.05, 0.1) is 12.6 Å². The highest BCUT2D eigenvalue weighted by molar-refractivity contribution is 7.10. The maximum atomic E-state index is 12.2. The Morgan fingerprint density at radius 1 is 1.65 bits per heavy atom. The number of ether oxygens (including phenoxy) is 1. The van der Waals surface area contributed by atoms with Gasteiger partial charge in [0.25, 0.3) is 0 Å². The summed E-state index contributed by atoms with van der Waals surface area (Å²) in [5.74, 6) is 0.00630. The van der Waals surface area contributed by atoms with Gasteiger partial charge < -0.3 is 4.74 Å². The lowest BCUT2D eigenvalue weighted by Gasteiger charge is -2.24. The van der Waals surface area contributed by atoms with Crippen molar-refractivity contribution in [2.24, 2.45) is 0 Å². The molecule has 0 radical (unpaired) electrons. The minimum atomic E-state index is -0.440. The molecule has 1 aliphatic heterocycles. The predicted octanol–water partition coefficient (Wildman–Crippen LogP) is 2.33. The van der Waals surface area contributed by atoms with E-state index in [0.717, 1.165) is 16.9 Å². The smallest absolute Gasteiger partial charge is 0.410 e. The fraction of sp³-hybridized carbons (Fsp3) is 0.500. The monoisotopic (exact) mass is 253 g/mol. The van der Waals surface area contributed by atoms with E-state index in [2.05, 4.69) is 0 Å². The van der Waals surface area contributed by atoms with Crippen LogP contribution in [0.15, 0.2) is 11.4 Å². The molecule has 5 heteroatoms. The lowest BCUT2D eigenvalue weighted by Crippen LogP contribution is -2.43. The Kier molecular flexibility index (Phi) is 3.47. The van der Waals surface area contributed by atoms with Crippen LogP contribution < -0.4 is 0 Å². The molecule has 1 atom stereocenters. The first-order valence-corrected chi connectivity index (χ1v) is 6.57. The van der Waals surface area contributed by atoms with Crippen molar-refractivity contribution in [3.8, 4) is 0 Å². The first kappa shape index (κ1) is 12.1. The maximum Gasteiger partial charge on any atom is 0.410 e. The SMILES string of the molecule is CCOC(=O)N1CCc2sccc2C(=O)C1C. The minimum absolute atomic E-state index is 0.00630. The summed E-state index contributed by atoms with van der Waals surface area (Å²) in [5, 5.41) is 1.93. The van der Waals surface area contributed by atoms with Crippen molar-refractivity contribution in [1.29, 1.82) is 0 Å². The maximum absolute atomic E-state index is 12.2. The Morgan fingerprint density at radius 2 is 2.41 bits per heavy atom. The van der Waals surface area contributed by atoms with Crippen LogP contribution in [-0.4, -0.2) is 36.0 Å². The molecular weight excluding hydrogens is 238 g/mol. The third-order valence-electron chi connectivity index (χ3n) is 2.94. The van der Waals surface area contributed by atoms with Crippen molar-refractivity contribution < 1.29 is 14.3 Å². The molecule has 1 unspecified atom stereocenters. The van der Waals surface area contributed by atoms with Crippen LogP contribution in [0.1, 0.15) is 29.1 Å². The lowest BCUT2D eigenvalue weighted by atomic mass is 10.1. The van der Waals surface area contributed by atoms with Gasteiger partial charge in [0.1, 0.15) is 0 Å². The van der Waals surface area contributed by atoms with Crippen molar-refractivity contribution >= 4 is 23.2 Å². The van der Waals surface area contributed by atoms with E-state index >= 15 is 0 Å². The molecule has 0 bridgehead atoms. The number of fused-ring (bicyclic) bond motifs is 1. The number of amides is 1. The molecule has 0 aliphatic carbocycles. The van der Waals surface area contributed by atoms with E-state index in [4.69, 9.17) is 4.74 Å². The average molecular weight is 253 g/mol. The van der Waals surface area contributed by atoms with E-state index < -0.39 is 12.1 Å². The van der Waals surface area contributed by atoms with Crippen LogP contribution in [0, 0.1) is 0 Å². The van der Waals surface area contributed by atoms with E-state index in [0.29, 0.717) is 13.2 Å². The number of hydrogen-bond acceptors (Lipinski definition) is 4. The van der Waals surface area contributed by atoms with Gasteiger partial charge in [0.2, 0.25) is 0 Å². The first-order chi connectivity index (χ1) is 8.15. The number of Topliss-reactive ketones (excluding diaryl/α,β-unsaturated/α-hetero) is 1. The molecule has 1 aromatic rings.